The summed E-state index contributed by atoms with van der Waals surface area (Å²) in [5.74, 6) is -1.01. The van der Waals surface area contributed by atoms with Gasteiger partial charge in [0, 0.05) is 12.1 Å². The lowest BCUT2D eigenvalue weighted by Gasteiger charge is -2.10. The molecule has 0 atom stereocenters. The van der Waals surface area contributed by atoms with Crippen LogP contribution in [0.2, 0.25) is 0 Å². The third kappa shape index (κ3) is 3.30. The predicted molar refractivity (Wildman–Crippen MR) is 62.3 cm³/mol. The van der Waals surface area contributed by atoms with Crippen LogP contribution in [0.4, 0.5) is 17.6 Å². The number of hydrogen-bond donors (Lipinski definition) is 1. The average molecular weight is 289 g/mol. The highest BCUT2D eigenvalue weighted by Crippen LogP contribution is 2.33. The molecule has 0 fully saturated rings. The van der Waals surface area contributed by atoms with Gasteiger partial charge < -0.3 is 14.9 Å². The summed E-state index contributed by atoms with van der Waals surface area (Å²) >= 11 is 0. The summed E-state index contributed by atoms with van der Waals surface area (Å²) in [5.41, 5.74) is 4.77. The van der Waals surface area contributed by atoms with Gasteiger partial charge in [-0.15, -0.1) is 0 Å². The molecule has 3 nitrogen and oxygen atoms in total. The van der Waals surface area contributed by atoms with Crippen LogP contribution in [0.5, 0.6) is 5.75 Å². The van der Waals surface area contributed by atoms with Crippen molar-refractivity contribution < 1.29 is 26.7 Å². The first-order valence-corrected chi connectivity index (χ1v) is 5.66. The summed E-state index contributed by atoms with van der Waals surface area (Å²) in [5, 5.41) is 0. The molecular weight excluding hydrogens is 278 g/mol. The molecule has 108 valence electrons. The van der Waals surface area contributed by atoms with E-state index in [1.807, 2.05) is 0 Å². The minimum Gasteiger partial charge on any atom is -0.486 e. The molecule has 0 saturated carbocycles. The number of halogens is 4. The van der Waals surface area contributed by atoms with E-state index in [0.29, 0.717) is 17.9 Å². The smallest absolute Gasteiger partial charge is 0.419 e. The topological polar surface area (TPSA) is 48.4 Å². The lowest BCUT2D eigenvalue weighted by atomic mass is 10.2. The molecule has 0 unspecified atom stereocenters. The van der Waals surface area contributed by atoms with E-state index >= 15 is 0 Å². The normalized spacial score (nSPS) is 11.7. The summed E-state index contributed by atoms with van der Waals surface area (Å²) in [4.78, 5) is 0. The van der Waals surface area contributed by atoms with Crippen molar-refractivity contribution in [2.75, 3.05) is 0 Å². The van der Waals surface area contributed by atoms with Crippen LogP contribution in [-0.4, -0.2) is 0 Å². The fraction of sp³-hybridized carbons (Fsp3) is 0.231. The molecule has 0 saturated heterocycles. The standard InChI is InChI=1S/C13H11F4NO2/c14-12-2-1-9(4-11(12)13(15,16)17)20-7-10-3-8(5-18)6-19-10/h1-4,6H,5,7,18H2. The van der Waals surface area contributed by atoms with Gasteiger partial charge in [0.1, 0.15) is 23.9 Å². The van der Waals surface area contributed by atoms with Gasteiger partial charge in [-0.25, -0.2) is 4.39 Å². The van der Waals surface area contributed by atoms with Crippen LogP contribution in [0.15, 0.2) is 34.9 Å². The maximum Gasteiger partial charge on any atom is 0.419 e. The molecule has 0 aliphatic carbocycles. The Kier molecular flexibility index (Phi) is 3.99. The Bertz CT molecular complexity index is 592. The lowest BCUT2D eigenvalue weighted by Crippen LogP contribution is -2.08. The molecule has 7 heteroatoms. The van der Waals surface area contributed by atoms with Crippen LogP contribution >= 0.6 is 0 Å². The minimum absolute atomic E-state index is 0.0665. The van der Waals surface area contributed by atoms with Gasteiger partial charge in [0.25, 0.3) is 0 Å². The maximum atomic E-state index is 13.1. The maximum absolute atomic E-state index is 13.1. The van der Waals surface area contributed by atoms with Crippen LogP contribution in [-0.2, 0) is 19.3 Å². The largest absolute Gasteiger partial charge is 0.486 e. The highest BCUT2D eigenvalue weighted by atomic mass is 19.4. The zero-order chi connectivity index (χ0) is 14.8. The predicted octanol–water partition coefficient (Wildman–Crippen LogP) is 3.48. The van der Waals surface area contributed by atoms with E-state index in [-0.39, 0.29) is 18.9 Å². The van der Waals surface area contributed by atoms with Crippen LogP contribution in [0.25, 0.3) is 0 Å². The highest BCUT2D eigenvalue weighted by molar-refractivity contribution is 5.31. The summed E-state index contributed by atoms with van der Waals surface area (Å²) in [6.07, 6.45) is -3.33. The molecule has 0 spiro atoms. The molecular formula is C13H11F4NO2. The number of furan rings is 1. The number of rotatable bonds is 4. The Morgan fingerprint density at radius 1 is 1.20 bits per heavy atom. The van der Waals surface area contributed by atoms with Crippen molar-refractivity contribution in [1.29, 1.82) is 0 Å². The Morgan fingerprint density at radius 3 is 2.55 bits per heavy atom. The molecule has 1 heterocycles. The van der Waals surface area contributed by atoms with Crippen LogP contribution in [0.1, 0.15) is 16.9 Å². The third-order valence-corrected chi connectivity index (χ3v) is 2.57. The fourth-order valence-electron chi connectivity index (χ4n) is 1.57. The molecule has 2 rings (SSSR count). The Balaban J connectivity index is 2.10. The van der Waals surface area contributed by atoms with Crippen molar-refractivity contribution in [3.63, 3.8) is 0 Å². The first kappa shape index (κ1) is 14.4. The minimum atomic E-state index is -4.76. The monoisotopic (exact) mass is 289 g/mol. The molecule has 0 amide bonds. The van der Waals surface area contributed by atoms with E-state index in [1.165, 1.54) is 6.26 Å². The molecule has 1 aromatic carbocycles. The van der Waals surface area contributed by atoms with Gasteiger partial charge >= 0.3 is 6.18 Å². The zero-order valence-electron chi connectivity index (χ0n) is 10.2. The second kappa shape index (κ2) is 5.54. The van der Waals surface area contributed by atoms with Gasteiger partial charge in [-0.2, -0.15) is 13.2 Å². The number of ether oxygens (including phenoxy) is 1. The Morgan fingerprint density at radius 2 is 1.95 bits per heavy atom. The van der Waals surface area contributed by atoms with E-state index in [1.54, 1.807) is 6.07 Å². The van der Waals surface area contributed by atoms with Crippen molar-refractivity contribution in [2.24, 2.45) is 5.73 Å². The van der Waals surface area contributed by atoms with Gasteiger partial charge in [-0.1, -0.05) is 0 Å². The van der Waals surface area contributed by atoms with E-state index in [4.69, 9.17) is 14.9 Å². The summed E-state index contributed by atoms with van der Waals surface area (Å²) in [7, 11) is 0. The molecule has 0 bridgehead atoms. The number of nitrogens with two attached hydrogens (primary N) is 1. The first-order chi connectivity index (χ1) is 9.40. The summed E-state index contributed by atoms with van der Waals surface area (Å²) in [6.45, 7) is 0.223. The molecule has 0 aliphatic rings. The van der Waals surface area contributed by atoms with E-state index in [9.17, 15) is 17.6 Å². The quantitative estimate of drug-likeness (QED) is 0.877. The van der Waals surface area contributed by atoms with Crippen molar-refractivity contribution in [3.8, 4) is 5.75 Å². The first-order valence-electron chi connectivity index (χ1n) is 5.66. The van der Waals surface area contributed by atoms with E-state index in [2.05, 4.69) is 0 Å². The third-order valence-electron chi connectivity index (χ3n) is 2.57. The van der Waals surface area contributed by atoms with Gasteiger partial charge in [0.2, 0.25) is 0 Å². The second-order valence-corrected chi connectivity index (χ2v) is 4.05. The van der Waals surface area contributed by atoms with Crippen LogP contribution in [0.3, 0.4) is 0 Å². The van der Waals surface area contributed by atoms with Gasteiger partial charge in [0.05, 0.1) is 11.8 Å². The van der Waals surface area contributed by atoms with Crippen LogP contribution in [0, 0.1) is 5.82 Å². The van der Waals surface area contributed by atoms with Crippen molar-refractivity contribution in [3.05, 3.63) is 53.2 Å². The summed E-state index contributed by atoms with van der Waals surface area (Å²) < 4.78 is 60.8. The fourth-order valence-corrected chi connectivity index (χ4v) is 1.57. The van der Waals surface area contributed by atoms with Crippen LogP contribution < -0.4 is 10.5 Å². The SMILES string of the molecule is NCc1coc(COc2ccc(F)c(C(F)(F)F)c2)c1. The van der Waals surface area contributed by atoms with Crippen molar-refractivity contribution >= 4 is 0 Å². The number of benzene rings is 1. The second-order valence-electron chi connectivity index (χ2n) is 4.05. The molecule has 20 heavy (non-hydrogen) atoms. The number of hydrogen-bond acceptors (Lipinski definition) is 3. The lowest BCUT2D eigenvalue weighted by molar-refractivity contribution is -0.140. The molecule has 2 N–H and O–H groups in total. The van der Waals surface area contributed by atoms with E-state index in [0.717, 1.165) is 11.6 Å². The summed E-state index contributed by atoms with van der Waals surface area (Å²) in [6, 6.07) is 4.08. The molecule has 1 aromatic heterocycles. The average Bonchev–Trinajstić information content (AvgIpc) is 2.84. The molecule has 2 aromatic rings. The van der Waals surface area contributed by atoms with Crippen molar-refractivity contribution in [1.82, 2.24) is 0 Å². The number of alkyl halides is 3. The molecule has 0 aliphatic heterocycles. The van der Waals surface area contributed by atoms with Gasteiger partial charge in [-0.05, 0) is 24.3 Å². The van der Waals surface area contributed by atoms with Crippen molar-refractivity contribution in [2.45, 2.75) is 19.3 Å². The van der Waals surface area contributed by atoms with Gasteiger partial charge in [-0.3, -0.25) is 0 Å². The Hall–Kier alpha value is -2.02. The molecule has 0 radical (unpaired) electrons. The Labute approximate surface area is 111 Å². The highest BCUT2D eigenvalue weighted by Gasteiger charge is 2.34. The zero-order valence-corrected chi connectivity index (χ0v) is 10.2. The van der Waals surface area contributed by atoms with Gasteiger partial charge in [0.15, 0.2) is 0 Å². The van der Waals surface area contributed by atoms with E-state index < -0.39 is 17.6 Å².